The average Bonchev–Trinajstić information content (AvgIpc) is 2.83. The summed E-state index contributed by atoms with van der Waals surface area (Å²) >= 11 is 1.68. The first-order chi connectivity index (χ1) is 9.58. The molecule has 2 aromatic rings. The summed E-state index contributed by atoms with van der Waals surface area (Å²) in [4.78, 5) is 4.16. The predicted octanol–water partition coefficient (Wildman–Crippen LogP) is 2.69. The van der Waals surface area contributed by atoms with E-state index < -0.39 is 11.6 Å². The SMILES string of the molecule is CSCC[C@@H](N)c1nc(Cc2cc(F)cc(F)c2)no1. The smallest absolute Gasteiger partial charge is 0.243 e. The zero-order valence-corrected chi connectivity index (χ0v) is 11.8. The van der Waals surface area contributed by atoms with Gasteiger partial charge in [-0.3, -0.25) is 0 Å². The topological polar surface area (TPSA) is 64.9 Å². The summed E-state index contributed by atoms with van der Waals surface area (Å²) in [6.07, 6.45) is 2.93. The second-order valence-corrected chi connectivity index (χ2v) is 5.38. The molecule has 0 spiro atoms. The van der Waals surface area contributed by atoms with Crippen molar-refractivity contribution in [3.05, 3.63) is 47.1 Å². The number of nitrogens with two attached hydrogens (primary N) is 1. The third kappa shape index (κ3) is 4.01. The van der Waals surface area contributed by atoms with Crippen LogP contribution in [0.2, 0.25) is 0 Å². The Hall–Kier alpha value is -1.47. The molecule has 108 valence electrons. The van der Waals surface area contributed by atoms with Gasteiger partial charge >= 0.3 is 0 Å². The summed E-state index contributed by atoms with van der Waals surface area (Å²) in [5.74, 6) is 0.366. The van der Waals surface area contributed by atoms with E-state index in [4.69, 9.17) is 10.3 Å². The van der Waals surface area contributed by atoms with E-state index in [2.05, 4.69) is 10.1 Å². The molecular formula is C13H15F2N3OS. The average molecular weight is 299 g/mol. The lowest BCUT2D eigenvalue weighted by atomic mass is 10.1. The summed E-state index contributed by atoms with van der Waals surface area (Å²) in [5, 5.41) is 3.78. The van der Waals surface area contributed by atoms with E-state index in [-0.39, 0.29) is 12.5 Å². The number of aromatic nitrogens is 2. The minimum atomic E-state index is -0.625. The largest absolute Gasteiger partial charge is 0.338 e. The molecule has 0 aliphatic heterocycles. The fourth-order valence-electron chi connectivity index (χ4n) is 1.75. The van der Waals surface area contributed by atoms with E-state index in [1.165, 1.54) is 12.1 Å². The first-order valence-corrected chi connectivity index (χ1v) is 7.50. The van der Waals surface area contributed by atoms with Gasteiger partial charge in [0.05, 0.1) is 6.04 Å². The third-order valence-electron chi connectivity index (χ3n) is 2.72. The molecule has 1 heterocycles. The van der Waals surface area contributed by atoms with Crippen LogP contribution in [0.1, 0.15) is 29.7 Å². The molecule has 1 atom stereocenters. The van der Waals surface area contributed by atoms with E-state index in [1.807, 2.05) is 6.26 Å². The van der Waals surface area contributed by atoms with Crippen LogP contribution in [0.3, 0.4) is 0 Å². The fourth-order valence-corrected chi connectivity index (χ4v) is 2.24. The second kappa shape index (κ2) is 6.81. The Kier molecular flexibility index (Phi) is 5.08. The van der Waals surface area contributed by atoms with Crippen LogP contribution >= 0.6 is 11.8 Å². The van der Waals surface area contributed by atoms with Crippen LogP contribution in [0.5, 0.6) is 0 Å². The zero-order valence-electron chi connectivity index (χ0n) is 11.0. The highest BCUT2D eigenvalue weighted by Gasteiger charge is 2.15. The number of thioether (sulfide) groups is 1. The molecule has 0 saturated carbocycles. The van der Waals surface area contributed by atoms with Crippen LogP contribution < -0.4 is 5.73 Å². The number of halogens is 2. The third-order valence-corrected chi connectivity index (χ3v) is 3.36. The van der Waals surface area contributed by atoms with Gasteiger partial charge in [0.25, 0.3) is 0 Å². The molecule has 4 nitrogen and oxygen atoms in total. The van der Waals surface area contributed by atoms with Gasteiger partial charge in [0.1, 0.15) is 11.6 Å². The van der Waals surface area contributed by atoms with Gasteiger partial charge in [0, 0.05) is 12.5 Å². The van der Waals surface area contributed by atoms with Crippen molar-refractivity contribution in [2.24, 2.45) is 5.73 Å². The normalized spacial score (nSPS) is 12.6. The Bertz CT molecular complexity index is 556. The standard InChI is InChI=1S/C13H15F2N3OS/c1-20-3-2-11(16)13-17-12(18-19-13)6-8-4-9(14)7-10(15)5-8/h4-5,7,11H,2-3,6,16H2,1H3/t11-/m1/s1. The molecular weight excluding hydrogens is 284 g/mol. The quantitative estimate of drug-likeness (QED) is 0.888. The molecule has 20 heavy (non-hydrogen) atoms. The number of hydrogen-bond donors (Lipinski definition) is 1. The van der Waals surface area contributed by atoms with E-state index in [0.29, 0.717) is 17.3 Å². The van der Waals surface area contributed by atoms with Crippen molar-refractivity contribution in [1.82, 2.24) is 10.1 Å². The van der Waals surface area contributed by atoms with Crippen LogP contribution in [-0.2, 0) is 6.42 Å². The first-order valence-electron chi connectivity index (χ1n) is 6.10. The maximum absolute atomic E-state index is 13.1. The molecule has 2 N–H and O–H groups in total. The first kappa shape index (κ1) is 14.9. The summed E-state index contributed by atoms with van der Waals surface area (Å²) in [6.45, 7) is 0. The van der Waals surface area contributed by atoms with Gasteiger partial charge in [-0.15, -0.1) is 0 Å². The monoisotopic (exact) mass is 299 g/mol. The Morgan fingerprint density at radius 2 is 2.00 bits per heavy atom. The molecule has 1 aromatic carbocycles. The van der Waals surface area contributed by atoms with Gasteiger partial charge in [-0.25, -0.2) is 8.78 Å². The number of nitrogens with zero attached hydrogens (tertiary/aromatic N) is 2. The Balaban J connectivity index is 2.05. The van der Waals surface area contributed by atoms with Gasteiger partial charge in [-0.1, -0.05) is 5.16 Å². The highest BCUT2D eigenvalue weighted by Crippen LogP contribution is 2.16. The van der Waals surface area contributed by atoms with Crippen molar-refractivity contribution < 1.29 is 13.3 Å². The Labute approximate surface area is 119 Å². The molecule has 2 rings (SSSR count). The highest BCUT2D eigenvalue weighted by atomic mass is 32.2. The van der Waals surface area contributed by atoms with Crippen LogP contribution in [0, 0.1) is 11.6 Å². The van der Waals surface area contributed by atoms with Gasteiger partial charge in [0.15, 0.2) is 5.82 Å². The molecule has 0 saturated heterocycles. The van der Waals surface area contributed by atoms with E-state index >= 15 is 0 Å². The summed E-state index contributed by atoms with van der Waals surface area (Å²) in [7, 11) is 0. The lowest BCUT2D eigenvalue weighted by Crippen LogP contribution is -2.11. The van der Waals surface area contributed by atoms with Crippen molar-refractivity contribution in [2.45, 2.75) is 18.9 Å². The molecule has 0 unspecified atom stereocenters. The van der Waals surface area contributed by atoms with E-state index in [9.17, 15) is 8.78 Å². The summed E-state index contributed by atoms with van der Waals surface area (Å²) < 4.78 is 31.2. The maximum atomic E-state index is 13.1. The van der Waals surface area contributed by atoms with Gasteiger partial charge in [-0.05, 0) is 36.1 Å². The minimum Gasteiger partial charge on any atom is -0.338 e. The van der Waals surface area contributed by atoms with Gasteiger partial charge in [-0.2, -0.15) is 16.7 Å². The number of rotatable bonds is 6. The molecule has 0 amide bonds. The molecule has 7 heteroatoms. The van der Waals surface area contributed by atoms with Crippen LogP contribution in [-0.4, -0.2) is 22.1 Å². The van der Waals surface area contributed by atoms with Crippen LogP contribution in [0.4, 0.5) is 8.78 Å². The zero-order chi connectivity index (χ0) is 14.5. The van der Waals surface area contributed by atoms with Gasteiger partial charge in [0.2, 0.25) is 5.89 Å². The van der Waals surface area contributed by atoms with E-state index in [0.717, 1.165) is 18.2 Å². The number of hydrogen-bond acceptors (Lipinski definition) is 5. The number of benzene rings is 1. The Morgan fingerprint density at radius 3 is 2.65 bits per heavy atom. The molecule has 0 radical (unpaired) electrons. The van der Waals surface area contributed by atoms with Crippen molar-refractivity contribution in [3.63, 3.8) is 0 Å². The van der Waals surface area contributed by atoms with Gasteiger partial charge < -0.3 is 10.3 Å². The predicted molar refractivity (Wildman–Crippen MR) is 73.4 cm³/mol. The highest BCUT2D eigenvalue weighted by molar-refractivity contribution is 7.98. The van der Waals surface area contributed by atoms with Crippen molar-refractivity contribution >= 4 is 11.8 Å². The molecule has 0 aliphatic rings. The van der Waals surface area contributed by atoms with Crippen LogP contribution in [0.25, 0.3) is 0 Å². The second-order valence-electron chi connectivity index (χ2n) is 4.39. The van der Waals surface area contributed by atoms with Crippen molar-refractivity contribution in [3.8, 4) is 0 Å². The molecule has 1 aromatic heterocycles. The lowest BCUT2D eigenvalue weighted by molar-refractivity contribution is 0.349. The molecule has 0 aliphatic carbocycles. The Morgan fingerprint density at radius 1 is 1.30 bits per heavy atom. The van der Waals surface area contributed by atoms with Crippen molar-refractivity contribution in [2.75, 3.05) is 12.0 Å². The maximum Gasteiger partial charge on any atom is 0.243 e. The molecule has 0 bridgehead atoms. The minimum absolute atomic E-state index is 0.202. The fraction of sp³-hybridized carbons (Fsp3) is 0.385. The summed E-state index contributed by atoms with van der Waals surface area (Å²) in [6, 6.07) is 3.00. The lowest BCUT2D eigenvalue weighted by Gasteiger charge is -2.03. The van der Waals surface area contributed by atoms with E-state index in [1.54, 1.807) is 11.8 Å². The van der Waals surface area contributed by atoms with Crippen LogP contribution in [0.15, 0.2) is 22.7 Å². The summed E-state index contributed by atoms with van der Waals surface area (Å²) in [5.41, 5.74) is 6.36. The molecule has 0 fully saturated rings. The van der Waals surface area contributed by atoms with Crippen molar-refractivity contribution in [1.29, 1.82) is 0 Å².